The summed E-state index contributed by atoms with van der Waals surface area (Å²) in [6, 6.07) is 9.27. The van der Waals surface area contributed by atoms with Crippen molar-refractivity contribution in [3.63, 3.8) is 0 Å². The van der Waals surface area contributed by atoms with E-state index in [4.69, 9.17) is 14.2 Å². The molecule has 6 heteroatoms. The maximum absolute atomic E-state index is 13.1. The Bertz CT molecular complexity index is 765. The van der Waals surface area contributed by atoms with Gasteiger partial charge in [0, 0.05) is 31.6 Å². The molecule has 0 N–H and O–H groups in total. The van der Waals surface area contributed by atoms with Gasteiger partial charge in [-0.1, -0.05) is 6.07 Å². The van der Waals surface area contributed by atoms with Crippen LogP contribution in [0.25, 0.3) is 0 Å². The molecule has 0 radical (unpaired) electrons. The highest BCUT2D eigenvalue weighted by atomic mass is 16.7. The second kappa shape index (κ2) is 6.72. The molecular weight excluding hydrogens is 320 g/mol. The molecular formula is C19H20N2O4. The molecule has 1 amide bonds. The van der Waals surface area contributed by atoms with Gasteiger partial charge in [0.2, 0.25) is 6.79 Å². The molecule has 0 saturated carbocycles. The van der Waals surface area contributed by atoms with Crippen LogP contribution in [-0.4, -0.2) is 48.4 Å². The van der Waals surface area contributed by atoms with Gasteiger partial charge >= 0.3 is 0 Å². The third-order valence-electron chi connectivity index (χ3n) is 4.83. The first-order valence-corrected chi connectivity index (χ1v) is 8.38. The van der Waals surface area contributed by atoms with Gasteiger partial charge in [0.15, 0.2) is 11.5 Å². The Hall–Kier alpha value is -2.60. The van der Waals surface area contributed by atoms with E-state index in [1.165, 1.54) is 0 Å². The zero-order chi connectivity index (χ0) is 17.2. The summed E-state index contributed by atoms with van der Waals surface area (Å²) >= 11 is 0. The third-order valence-corrected chi connectivity index (χ3v) is 4.83. The Kier molecular flexibility index (Phi) is 4.28. The number of rotatable bonds is 4. The highest BCUT2D eigenvalue weighted by molar-refractivity contribution is 5.95. The first-order chi connectivity index (χ1) is 12.3. The molecule has 2 atom stereocenters. The van der Waals surface area contributed by atoms with Crippen LogP contribution in [0.4, 0.5) is 0 Å². The summed E-state index contributed by atoms with van der Waals surface area (Å²) in [5, 5.41) is 0. The molecule has 25 heavy (non-hydrogen) atoms. The summed E-state index contributed by atoms with van der Waals surface area (Å²) in [4.78, 5) is 19.1. The van der Waals surface area contributed by atoms with E-state index in [9.17, 15) is 4.79 Å². The number of aromatic nitrogens is 1. The van der Waals surface area contributed by atoms with Crippen molar-refractivity contribution in [2.45, 2.75) is 25.0 Å². The van der Waals surface area contributed by atoms with Gasteiger partial charge in [0.05, 0.1) is 12.1 Å². The third kappa shape index (κ3) is 3.05. The smallest absolute Gasteiger partial charge is 0.254 e. The van der Waals surface area contributed by atoms with Gasteiger partial charge in [-0.2, -0.15) is 0 Å². The van der Waals surface area contributed by atoms with Crippen molar-refractivity contribution in [1.29, 1.82) is 0 Å². The molecule has 1 fully saturated rings. The molecule has 130 valence electrons. The monoisotopic (exact) mass is 340 g/mol. The molecule has 0 bridgehead atoms. The highest BCUT2D eigenvalue weighted by Crippen LogP contribution is 2.34. The second-order valence-corrected chi connectivity index (χ2v) is 6.26. The number of likely N-dealkylation sites (tertiary alicyclic amines) is 1. The van der Waals surface area contributed by atoms with Crippen molar-refractivity contribution in [2.24, 2.45) is 0 Å². The predicted octanol–water partition coefficient (Wildman–Crippen LogP) is 2.28. The second-order valence-electron chi connectivity index (χ2n) is 6.26. The highest BCUT2D eigenvalue weighted by Gasteiger charge is 2.37. The van der Waals surface area contributed by atoms with Crippen LogP contribution in [0.5, 0.6) is 11.5 Å². The van der Waals surface area contributed by atoms with Crippen molar-refractivity contribution < 1.29 is 19.0 Å². The lowest BCUT2D eigenvalue weighted by molar-refractivity contribution is 0.0508. The molecule has 6 nitrogen and oxygen atoms in total. The number of hydrogen-bond acceptors (Lipinski definition) is 5. The van der Waals surface area contributed by atoms with Crippen LogP contribution in [0, 0.1) is 0 Å². The van der Waals surface area contributed by atoms with Crippen molar-refractivity contribution in [2.75, 3.05) is 20.4 Å². The van der Waals surface area contributed by atoms with Gasteiger partial charge in [-0.25, -0.2) is 0 Å². The number of amides is 1. The number of ether oxygens (including phenoxy) is 3. The van der Waals surface area contributed by atoms with Crippen LogP contribution < -0.4 is 9.47 Å². The topological polar surface area (TPSA) is 60.9 Å². The SMILES string of the molecule is CO[C@@H]1CCN(C(=O)c2ccc3c(c2)OCO3)[C@@H]1Cc1cccnc1. The minimum atomic E-state index is -0.00765. The lowest BCUT2D eigenvalue weighted by Gasteiger charge is -2.28. The average molecular weight is 340 g/mol. The number of carbonyl (C=O) groups is 1. The van der Waals surface area contributed by atoms with E-state index in [0.29, 0.717) is 23.6 Å². The molecule has 0 spiro atoms. The number of benzene rings is 1. The van der Waals surface area contributed by atoms with Gasteiger partial charge in [-0.3, -0.25) is 9.78 Å². The zero-order valence-electron chi connectivity index (χ0n) is 14.1. The van der Waals surface area contributed by atoms with E-state index in [-0.39, 0.29) is 24.8 Å². The average Bonchev–Trinajstić information content (AvgIpc) is 3.28. The first kappa shape index (κ1) is 15.9. The summed E-state index contributed by atoms with van der Waals surface area (Å²) in [5.74, 6) is 1.29. The number of pyridine rings is 1. The number of nitrogens with zero attached hydrogens (tertiary/aromatic N) is 2. The number of fused-ring (bicyclic) bond motifs is 1. The molecule has 1 saturated heterocycles. The summed E-state index contributed by atoms with van der Waals surface area (Å²) < 4.78 is 16.3. The van der Waals surface area contributed by atoms with Crippen LogP contribution in [0.1, 0.15) is 22.3 Å². The molecule has 0 aliphatic carbocycles. The van der Waals surface area contributed by atoms with Crippen LogP contribution in [0.15, 0.2) is 42.7 Å². The fraction of sp³-hybridized carbons (Fsp3) is 0.368. The van der Waals surface area contributed by atoms with E-state index < -0.39 is 0 Å². The fourth-order valence-corrected chi connectivity index (χ4v) is 3.55. The Morgan fingerprint density at radius 3 is 3.00 bits per heavy atom. The van der Waals surface area contributed by atoms with Gasteiger partial charge < -0.3 is 19.1 Å². The molecule has 0 unspecified atom stereocenters. The van der Waals surface area contributed by atoms with Gasteiger partial charge in [-0.05, 0) is 42.7 Å². The van der Waals surface area contributed by atoms with Gasteiger partial charge in [-0.15, -0.1) is 0 Å². The number of carbonyl (C=O) groups excluding carboxylic acids is 1. The Morgan fingerprint density at radius 1 is 1.32 bits per heavy atom. The standard InChI is InChI=1S/C19H20N2O4/c1-23-16-6-8-21(15(16)9-13-3-2-7-20-11-13)19(22)14-4-5-17-18(10-14)25-12-24-17/h2-5,7,10-11,15-16H,6,8-9,12H2,1H3/t15-,16-/m1/s1. The van der Waals surface area contributed by atoms with Crippen LogP contribution in [0.3, 0.4) is 0 Å². The normalized spacial score (nSPS) is 21.6. The first-order valence-electron chi connectivity index (χ1n) is 8.38. The van der Waals surface area contributed by atoms with E-state index >= 15 is 0 Å². The van der Waals surface area contributed by atoms with Crippen LogP contribution in [0.2, 0.25) is 0 Å². The quantitative estimate of drug-likeness (QED) is 0.854. The minimum absolute atomic E-state index is 0.00729. The fourth-order valence-electron chi connectivity index (χ4n) is 3.55. The van der Waals surface area contributed by atoms with E-state index in [1.54, 1.807) is 31.5 Å². The minimum Gasteiger partial charge on any atom is -0.454 e. The van der Waals surface area contributed by atoms with Crippen molar-refractivity contribution >= 4 is 5.91 Å². The Morgan fingerprint density at radius 2 is 2.20 bits per heavy atom. The molecule has 1 aromatic heterocycles. The Balaban J connectivity index is 1.57. The van der Waals surface area contributed by atoms with Crippen molar-refractivity contribution in [1.82, 2.24) is 9.88 Å². The molecule has 2 aliphatic heterocycles. The van der Waals surface area contributed by atoms with E-state index in [1.807, 2.05) is 23.2 Å². The maximum atomic E-state index is 13.1. The number of methoxy groups -OCH3 is 1. The van der Waals surface area contributed by atoms with Crippen molar-refractivity contribution in [3.8, 4) is 11.5 Å². The van der Waals surface area contributed by atoms with Crippen LogP contribution in [-0.2, 0) is 11.2 Å². The lowest BCUT2D eigenvalue weighted by Crippen LogP contribution is -2.41. The largest absolute Gasteiger partial charge is 0.454 e. The zero-order valence-corrected chi connectivity index (χ0v) is 14.1. The molecule has 3 heterocycles. The molecule has 2 aromatic rings. The summed E-state index contributed by atoms with van der Waals surface area (Å²) in [6.45, 7) is 0.878. The molecule has 2 aliphatic rings. The molecule has 1 aromatic carbocycles. The van der Waals surface area contributed by atoms with Gasteiger partial charge in [0.1, 0.15) is 0 Å². The predicted molar refractivity (Wildman–Crippen MR) is 90.7 cm³/mol. The Labute approximate surface area is 146 Å². The summed E-state index contributed by atoms with van der Waals surface area (Å²) in [6.07, 6.45) is 5.18. The maximum Gasteiger partial charge on any atom is 0.254 e. The number of hydrogen-bond donors (Lipinski definition) is 0. The molecule has 4 rings (SSSR count). The van der Waals surface area contributed by atoms with Crippen LogP contribution >= 0.6 is 0 Å². The van der Waals surface area contributed by atoms with Crippen molar-refractivity contribution in [3.05, 3.63) is 53.9 Å². The summed E-state index contributed by atoms with van der Waals surface area (Å²) in [7, 11) is 1.70. The summed E-state index contributed by atoms with van der Waals surface area (Å²) in [5.41, 5.74) is 1.71. The van der Waals surface area contributed by atoms with E-state index in [0.717, 1.165) is 18.4 Å². The lowest BCUT2D eigenvalue weighted by atomic mass is 10.0. The van der Waals surface area contributed by atoms with Gasteiger partial charge in [0.25, 0.3) is 5.91 Å². The van der Waals surface area contributed by atoms with E-state index in [2.05, 4.69) is 4.98 Å².